The van der Waals surface area contributed by atoms with E-state index in [0.717, 1.165) is 18.8 Å². The highest BCUT2D eigenvalue weighted by Crippen LogP contribution is 2.31. The van der Waals surface area contributed by atoms with Gasteiger partial charge >= 0.3 is 6.01 Å². The van der Waals surface area contributed by atoms with Crippen LogP contribution in [0.5, 0.6) is 6.01 Å². The molecule has 112 valence electrons. The Balaban J connectivity index is 1.77. The molecule has 2 N–H and O–H groups in total. The Kier molecular flexibility index (Phi) is 3.72. The largest absolute Gasteiger partial charge is 0.460 e. The lowest BCUT2D eigenvalue weighted by Crippen LogP contribution is -2.29. The first-order chi connectivity index (χ1) is 10.1. The van der Waals surface area contributed by atoms with Crippen LogP contribution in [0.15, 0.2) is 18.5 Å². The van der Waals surface area contributed by atoms with Crippen molar-refractivity contribution in [3.8, 4) is 12.0 Å². The lowest BCUT2D eigenvalue weighted by atomic mass is 9.80. The minimum atomic E-state index is 0.141. The van der Waals surface area contributed by atoms with Gasteiger partial charge in [0.15, 0.2) is 0 Å². The third-order valence-electron chi connectivity index (χ3n) is 4.15. The molecule has 21 heavy (non-hydrogen) atoms. The van der Waals surface area contributed by atoms with E-state index < -0.39 is 0 Å². The molecule has 1 fully saturated rings. The van der Waals surface area contributed by atoms with E-state index in [2.05, 4.69) is 33.9 Å². The van der Waals surface area contributed by atoms with Crippen molar-refractivity contribution in [2.75, 3.05) is 5.73 Å². The summed E-state index contributed by atoms with van der Waals surface area (Å²) in [6.45, 7) is 4.55. The maximum atomic E-state index is 5.91. The Morgan fingerprint density at radius 2 is 2.05 bits per heavy atom. The second-order valence-corrected chi connectivity index (χ2v) is 5.73. The molecule has 3 rings (SSSR count). The smallest absolute Gasteiger partial charge is 0.323 e. The van der Waals surface area contributed by atoms with E-state index in [1.807, 2.05) is 0 Å². The number of hydrogen-bond acceptors (Lipinski definition) is 6. The van der Waals surface area contributed by atoms with Crippen molar-refractivity contribution in [1.29, 1.82) is 0 Å². The number of nitrogens with zero attached hydrogens (tertiary/aromatic N) is 5. The normalized spacial score (nSPS) is 25.7. The Labute approximate surface area is 123 Å². The van der Waals surface area contributed by atoms with Crippen LogP contribution in [-0.4, -0.2) is 30.8 Å². The molecule has 1 aliphatic carbocycles. The number of anilines is 1. The molecule has 1 saturated carbocycles. The summed E-state index contributed by atoms with van der Waals surface area (Å²) in [6.07, 6.45) is 6.76. The van der Waals surface area contributed by atoms with Crippen LogP contribution in [0.3, 0.4) is 0 Å². The maximum absolute atomic E-state index is 5.91. The first-order valence-corrected chi connectivity index (χ1v) is 7.30. The van der Waals surface area contributed by atoms with Crippen molar-refractivity contribution in [3.63, 3.8) is 0 Å². The van der Waals surface area contributed by atoms with Crippen LogP contribution in [-0.2, 0) is 0 Å². The predicted octanol–water partition coefficient (Wildman–Crippen LogP) is 1.84. The minimum absolute atomic E-state index is 0.141. The third kappa shape index (κ3) is 3.12. The fourth-order valence-electron chi connectivity index (χ4n) is 2.66. The molecular formula is C14H20N6O. The Morgan fingerprint density at radius 3 is 2.76 bits per heavy atom. The van der Waals surface area contributed by atoms with Crippen molar-refractivity contribution in [2.45, 2.75) is 39.2 Å². The van der Waals surface area contributed by atoms with Gasteiger partial charge in [-0.2, -0.15) is 20.1 Å². The molecule has 2 heterocycles. The minimum Gasteiger partial charge on any atom is -0.460 e. The van der Waals surface area contributed by atoms with Gasteiger partial charge in [-0.05, 0) is 37.2 Å². The summed E-state index contributed by atoms with van der Waals surface area (Å²) in [7, 11) is 0. The Bertz CT molecular complexity index is 600. The van der Waals surface area contributed by atoms with Crippen molar-refractivity contribution in [2.24, 2.45) is 11.8 Å². The van der Waals surface area contributed by atoms with Crippen LogP contribution in [0.4, 0.5) is 5.95 Å². The fraction of sp³-hybridized carbons (Fsp3) is 0.571. The molecule has 1 aliphatic rings. The average molecular weight is 288 g/mol. The fourth-order valence-corrected chi connectivity index (χ4v) is 2.66. The van der Waals surface area contributed by atoms with E-state index in [0.29, 0.717) is 11.9 Å². The number of nitrogens with two attached hydrogens (primary N) is 1. The van der Waals surface area contributed by atoms with Crippen LogP contribution >= 0.6 is 0 Å². The summed E-state index contributed by atoms with van der Waals surface area (Å²) >= 11 is 0. The molecule has 0 radical (unpaired) electrons. The molecule has 0 aromatic carbocycles. The highest BCUT2D eigenvalue weighted by Gasteiger charge is 2.26. The summed E-state index contributed by atoms with van der Waals surface area (Å²) in [5.41, 5.74) is 5.74. The monoisotopic (exact) mass is 288 g/mol. The summed E-state index contributed by atoms with van der Waals surface area (Å²) < 4.78 is 7.45. The molecule has 0 bridgehead atoms. The summed E-state index contributed by atoms with van der Waals surface area (Å²) in [6, 6.07) is 2.07. The number of aromatic nitrogens is 5. The van der Waals surface area contributed by atoms with E-state index in [9.17, 15) is 0 Å². The van der Waals surface area contributed by atoms with Gasteiger partial charge in [-0.25, -0.2) is 4.68 Å². The van der Waals surface area contributed by atoms with Crippen LogP contribution in [0.2, 0.25) is 0 Å². The summed E-state index contributed by atoms with van der Waals surface area (Å²) in [4.78, 5) is 12.4. The van der Waals surface area contributed by atoms with Crippen LogP contribution in [0.1, 0.15) is 33.1 Å². The van der Waals surface area contributed by atoms with Crippen molar-refractivity contribution in [3.05, 3.63) is 18.5 Å². The lowest BCUT2D eigenvalue weighted by Gasteiger charge is -2.31. The van der Waals surface area contributed by atoms with Crippen LogP contribution < -0.4 is 10.5 Å². The van der Waals surface area contributed by atoms with Crippen LogP contribution in [0, 0.1) is 11.8 Å². The lowest BCUT2D eigenvalue weighted by molar-refractivity contribution is 0.0918. The van der Waals surface area contributed by atoms with Gasteiger partial charge in [-0.15, -0.1) is 0 Å². The van der Waals surface area contributed by atoms with E-state index in [1.54, 1.807) is 18.5 Å². The number of hydrogen-bond donors (Lipinski definition) is 1. The van der Waals surface area contributed by atoms with Gasteiger partial charge < -0.3 is 10.5 Å². The topological polar surface area (TPSA) is 91.7 Å². The standard InChI is InChI=1S/C14H20N6O/c1-9-4-5-11(8-10(9)2)21-14-18-12(15)17-13(19-14)20-7-3-6-16-20/h3,6-7,9-11H,4-5,8H2,1-2H3,(H2,15,17,18,19). The second kappa shape index (κ2) is 5.67. The molecule has 0 saturated heterocycles. The first kappa shape index (κ1) is 13.8. The highest BCUT2D eigenvalue weighted by atomic mass is 16.5. The van der Waals surface area contributed by atoms with Gasteiger partial charge in [0, 0.05) is 12.4 Å². The SMILES string of the molecule is CC1CCC(Oc2nc(N)nc(-n3cccn3)n2)CC1C. The molecule has 2 aromatic rings. The van der Waals surface area contributed by atoms with Gasteiger partial charge in [-0.1, -0.05) is 13.8 Å². The van der Waals surface area contributed by atoms with E-state index >= 15 is 0 Å². The average Bonchev–Trinajstić information content (AvgIpc) is 2.96. The maximum Gasteiger partial charge on any atom is 0.323 e. The van der Waals surface area contributed by atoms with E-state index in [4.69, 9.17) is 10.5 Å². The van der Waals surface area contributed by atoms with Gasteiger partial charge in [0.25, 0.3) is 5.95 Å². The van der Waals surface area contributed by atoms with Gasteiger partial charge in [0.2, 0.25) is 5.95 Å². The summed E-state index contributed by atoms with van der Waals surface area (Å²) in [5, 5.41) is 4.09. The van der Waals surface area contributed by atoms with Crippen molar-refractivity contribution >= 4 is 5.95 Å². The molecule has 3 atom stereocenters. The zero-order chi connectivity index (χ0) is 14.8. The molecule has 7 heteroatoms. The molecule has 0 aliphatic heterocycles. The molecule has 3 unspecified atom stereocenters. The van der Waals surface area contributed by atoms with Crippen molar-refractivity contribution in [1.82, 2.24) is 24.7 Å². The third-order valence-corrected chi connectivity index (χ3v) is 4.15. The van der Waals surface area contributed by atoms with E-state index in [-0.39, 0.29) is 18.1 Å². The van der Waals surface area contributed by atoms with Gasteiger partial charge in [-0.3, -0.25) is 0 Å². The summed E-state index contributed by atoms with van der Waals surface area (Å²) in [5.74, 6) is 1.91. The van der Waals surface area contributed by atoms with E-state index in [1.165, 1.54) is 11.1 Å². The number of ether oxygens (including phenoxy) is 1. The Hall–Kier alpha value is -2.18. The van der Waals surface area contributed by atoms with Gasteiger partial charge in [0.05, 0.1) is 0 Å². The molecule has 7 nitrogen and oxygen atoms in total. The second-order valence-electron chi connectivity index (χ2n) is 5.73. The molecular weight excluding hydrogens is 268 g/mol. The highest BCUT2D eigenvalue weighted by molar-refractivity contribution is 5.24. The van der Waals surface area contributed by atoms with Crippen LogP contribution in [0.25, 0.3) is 5.95 Å². The quantitative estimate of drug-likeness (QED) is 0.926. The number of nitrogen functional groups attached to an aromatic ring is 1. The number of rotatable bonds is 3. The Morgan fingerprint density at radius 1 is 1.19 bits per heavy atom. The molecule has 0 amide bonds. The zero-order valence-corrected chi connectivity index (χ0v) is 12.3. The van der Waals surface area contributed by atoms with Crippen molar-refractivity contribution < 1.29 is 4.74 Å². The first-order valence-electron chi connectivity index (χ1n) is 7.30. The zero-order valence-electron chi connectivity index (χ0n) is 12.3. The predicted molar refractivity (Wildman–Crippen MR) is 78.0 cm³/mol. The molecule has 0 spiro atoms. The molecule has 2 aromatic heterocycles. The van der Waals surface area contributed by atoms with Gasteiger partial charge in [0.1, 0.15) is 6.10 Å².